The van der Waals surface area contributed by atoms with Gasteiger partial charge in [-0.2, -0.15) is 0 Å². The summed E-state index contributed by atoms with van der Waals surface area (Å²) in [5, 5.41) is 0. The Labute approximate surface area is 140 Å². The van der Waals surface area contributed by atoms with Crippen LogP contribution in [0.5, 0.6) is 0 Å². The Morgan fingerprint density at radius 3 is 1.86 bits per heavy atom. The summed E-state index contributed by atoms with van der Waals surface area (Å²) >= 11 is -0.124. The SMILES string of the molecule is CC(C)(C)c1ccc(C(C)(C)C)c([I+]c2ccccc2)c1. The fourth-order valence-electron chi connectivity index (χ4n) is 2.26. The summed E-state index contributed by atoms with van der Waals surface area (Å²) in [6.07, 6.45) is 0. The van der Waals surface area contributed by atoms with Gasteiger partial charge in [-0.15, -0.1) is 0 Å². The summed E-state index contributed by atoms with van der Waals surface area (Å²) in [4.78, 5) is 0. The van der Waals surface area contributed by atoms with Gasteiger partial charge in [0.25, 0.3) is 0 Å². The van der Waals surface area contributed by atoms with Gasteiger partial charge in [0, 0.05) is 5.56 Å². The third-order valence-electron chi connectivity index (χ3n) is 3.59. The van der Waals surface area contributed by atoms with E-state index >= 15 is 0 Å². The molecule has 0 bridgehead atoms. The van der Waals surface area contributed by atoms with E-state index in [9.17, 15) is 0 Å². The molecule has 0 unspecified atom stereocenters. The van der Waals surface area contributed by atoms with Gasteiger partial charge < -0.3 is 0 Å². The third kappa shape index (κ3) is 4.32. The molecule has 2 rings (SSSR count). The van der Waals surface area contributed by atoms with E-state index in [0.29, 0.717) is 0 Å². The van der Waals surface area contributed by atoms with Gasteiger partial charge >= 0.3 is 21.2 Å². The van der Waals surface area contributed by atoms with Gasteiger partial charge in [-0.25, -0.2) is 0 Å². The summed E-state index contributed by atoms with van der Waals surface area (Å²) in [6.45, 7) is 13.8. The van der Waals surface area contributed by atoms with Crippen LogP contribution in [-0.4, -0.2) is 0 Å². The summed E-state index contributed by atoms with van der Waals surface area (Å²) in [7, 11) is 0. The fourth-order valence-corrected chi connectivity index (χ4v) is 5.48. The van der Waals surface area contributed by atoms with Crippen LogP contribution in [0.1, 0.15) is 52.7 Å². The molecule has 112 valence electrons. The highest BCUT2D eigenvalue weighted by Gasteiger charge is 2.29. The van der Waals surface area contributed by atoms with Crippen molar-refractivity contribution >= 4 is 0 Å². The number of hydrogen-bond acceptors (Lipinski definition) is 0. The van der Waals surface area contributed by atoms with Crippen molar-refractivity contribution in [3.63, 3.8) is 0 Å². The molecule has 0 aromatic heterocycles. The minimum absolute atomic E-state index is 0.124. The molecule has 0 saturated carbocycles. The van der Waals surface area contributed by atoms with Crippen molar-refractivity contribution in [3.8, 4) is 0 Å². The van der Waals surface area contributed by atoms with Crippen LogP contribution < -0.4 is 21.2 Å². The maximum absolute atomic E-state index is 2.46. The molecule has 0 atom stereocenters. The lowest BCUT2D eigenvalue weighted by Gasteiger charge is -2.23. The van der Waals surface area contributed by atoms with Crippen LogP contribution in [0.3, 0.4) is 0 Å². The molecule has 2 aromatic rings. The largest absolute Gasteiger partial charge is 0.358 e. The molecule has 0 saturated heterocycles. The first-order valence-electron chi connectivity index (χ1n) is 7.53. The van der Waals surface area contributed by atoms with E-state index in [0.717, 1.165) is 0 Å². The lowest BCUT2D eigenvalue weighted by Crippen LogP contribution is -3.61. The Morgan fingerprint density at radius 2 is 1.33 bits per heavy atom. The quantitative estimate of drug-likeness (QED) is 0.688. The monoisotopic (exact) mass is 393 g/mol. The zero-order chi connectivity index (χ0) is 15.7. The number of hydrogen-bond donors (Lipinski definition) is 0. The molecule has 0 amide bonds. The van der Waals surface area contributed by atoms with Crippen LogP contribution in [0.4, 0.5) is 0 Å². The molecule has 0 nitrogen and oxygen atoms in total. The van der Waals surface area contributed by atoms with Gasteiger partial charge in [0.15, 0.2) is 7.14 Å². The Balaban J connectivity index is 2.49. The smallest absolute Gasteiger partial charge is 0.0619 e. The molecule has 2 aromatic carbocycles. The predicted octanol–water partition coefficient (Wildman–Crippen LogP) is 2.41. The molecule has 0 fully saturated rings. The second kappa shape index (κ2) is 6.12. The highest BCUT2D eigenvalue weighted by atomic mass is 127. The minimum Gasteiger partial charge on any atom is -0.0619 e. The maximum Gasteiger partial charge on any atom is 0.358 e. The summed E-state index contributed by atoms with van der Waals surface area (Å²) in [5.74, 6) is 0. The van der Waals surface area contributed by atoms with Crippen LogP contribution in [0, 0.1) is 7.14 Å². The summed E-state index contributed by atoms with van der Waals surface area (Å²) in [5.41, 5.74) is 3.37. The molecule has 1 heteroatoms. The van der Waals surface area contributed by atoms with Crippen LogP contribution >= 0.6 is 0 Å². The molecule has 0 N–H and O–H groups in total. The zero-order valence-electron chi connectivity index (χ0n) is 14.0. The van der Waals surface area contributed by atoms with E-state index in [-0.39, 0.29) is 32.0 Å². The van der Waals surface area contributed by atoms with Gasteiger partial charge in [0.1, 0.15) is 0 Å². The number of halogens is 1. The first kappa shape index (κ1) is 16.5. The van der Waals surface area contributed by atoms with E-state index in [1.165, 1.54) is 14.7 Å². The van der Waals surface area contributed by atoms with Gasteiger partial charge in [0.05, 0.1) is 0 Å². The van der Waals surface area contributed by atoms with E-state index in [1.54, 1.807) is 3.57 Å². The molecular weight excluding hydrogens is 367 g/mol. The van der Waals surface area contributed by atoms with Crippen LogP contribution in [0.15, 0.2) is 48.5 Å². The predicted molar refractivity (Wildman–Crippen MR) is 87.7 cm³/mol. The van der Waals surface area contributed by atoms with Crippen molar-refractivity contribution < 1.29 is 21.2 Å². The van der Waals surface area contributed by atoms with Crippen molar-refractivity contribution in [2.24, 2.45) is 0 Å². The first-order valence-corrected chi connectivity index (χ1v) is 9.68. The van der Waals surface area contributed by atoms with E-state index < -0.39 is 0 Å². The van der Waals surface area contributed by atoms with Crippen molar-refractivity contribution in [1.29, 1.82) is 0 Å². The zero-order valence-corrected chi connectivity index (χ0v) is 16.2. The van der Waals surface area contributed by atoms with Gasteiger partial charge in [-0.3, -0.25) is 0 Å². The summed E-state index contributed by atoms with van der Waals surface area (Å²) in [6, 6.07) is 18.1. The highest BCUT2D eigenvalue weighted by Crippen LogP contribution is 2.27. The second-order valence-electron chi connectivity index (χ2n) is 7.58. The van der Waals surface area contributed by atoms with E-state index in [1.807, 2.05) is 0 Å². The molecule has 0 aliphatic carbocycles. The molecule has 21 heavy (non-hydrogen) atoms. The van der Waals surface area contributed by atoms with Crippen LogP contribution in [0.2, 0.25) is 0 Å². The van der Waals surface area contributed by atoms with Crippen molar-refractivity contribution in [3.05, 3.63) is 66.8 Å². The third-order valence-corrected chi connectivity index (χ3v) is 6.40. The van der Waals surface area contributed by atoms with Crippen molar-refractivity contribution in [2.45, 2.75) is 52.4 Å². The van der Waals surface area contributed by atoms with Gasteiger partial charge in [-0.05, 0) is 34.6 Å². The molecule has 0 aliphatic heterocycles. The lowest BCUT2D eigenvalue weighted by atomic mass is 9.82. The number of benzene rings is 2. The summed E-state index contributed by atoms with van der Waals surface area (Å²) < 4.78 is 3.06. The molecular formula is C20H26I+. The Morgan fingerprint density at radius 1 is 0.714 bits per heavy atom. The highest BCUT2D eigenvalue weighted by molar-refractivity contribution is 5.30. The fraction of sp³-hybridized carbons (Fsp3) is 0.400. The average molecular weight is 393 g/mol. The van der Waals surface area contributed by atoms with Crippen LogP contribution in [0.25, 0.3) is 0 Å². The molecule has 0 heterocycles. The Kier molecular flexibility index (Phi) is 4.82. The molecule has 0 spiro atoms. The standard InChI is InChI=1S/C20H26I/c1-19(2,3)15-12-13-17(20(4,5)6)18(14-15)21-16-10-8-7-9-11-16/h7-14H,1-6H3/q+1. The topological polar surface area (TPSA) is 0 Å². The second-order valence-corrected chi connectivity index (χ2v) is 10.5. The van der Waals surface area contributed by atoms with Gasteiger partial charge in [-0.1, -0.05) is 71.9 Å². The van der Waals surface area contributed by atoms with E-state index in [4.69, 9.17) is 0 Å². The Hall–Kier alpha value is -0.830. The molecule has 0 aliphatic rings. The Bertz CT molecular complexity index is 598. The van der Waals surface area contributed by atoms with Crippen LogP contribution in [-0.2, 0) is 10.8 Å². The average Bonchev–Trinajstić information content (AvgIpc) is 2.37. The van der Waals surface area contributed by atoms with Crippen molar-refractivity contribution in [1.82, 2.24) is 0 Å². The minimum atomic E-state index is -0.124. The first-order chi connectivity index (χ1) is 9.68. The number of rotatable bonds is 2. The normalized spacial score (nSPS) is 12.5. The van der Waals surface area contributed by atoms with Gasteiger partial charge in [0.2, 0.25) is 0 Å². The molecule has 0 radical (unpaired) electrons. The van der Waals surface area contributed by atoms with E-state index in [2.05, 4.69) is 90.1 Å². The maximum atomic E-state index is 2.46. The lowest BCUT2D eigenvalue weighted by molar-refractivity contribution is -0.598. The van der Waals surface area contributed by atoms with Crippen molar-refractivity contribution in [2.75, 3.05) is 0 Å².